The number of aromatic nitrogens is 1. The monoisotopic (exact) mass is 403 g/mol. The number of methoxy groups -OCH3 is 1. The number of hydrogen-bond acceptors (Lipinski definition) is 6. The van der Waals surface area contributed by atoms with Crippen molar-refractivity contribution in [3.05, 3.63) is 53.9 Å². The van der Waals surface area contributed by atoms with E-state index in [0.717, 1.165) is 0 Å². The van der Waals surface area contributed by atoms with E-state index < -0.39 is 11.3 Å². The quantitative estimate of drug-likeness (QED) is 0.742. The Hall–Kier alpha value is -2.98. The Kier molecular flexibility index (Phi) is 6.22. The fourth-order valence-electron chi connectivity index (χ4n) is 2.98. The molecule has 9 nitrogen and oxygen atoms in total. The van der Waals surface area contributed by atoms with Gasteiger partial charge in [-0.25, -0.2) is 0 Å². The fourth-order valence-corrected chi connectivity index (χ4v) is 3.30. The van der Waals surface area contributed by atoms with Crippen LogP contribution in [0.15, 0.2) is 42.7 Å². The Labute approximate surface area is 164 Å². The molecule has 1 aromatic heterocycles. The second-order valence-electron chi connectivity index (χ2n) is 6.08. The number of nitrogens with zero attached hydrogens (tertiary/aromatic N) is 3. The molecular formula is C18H19N4O5S-. The number of piperazine rings is 1. The largest absolute Gasteiger partial charge is 0.755 e. The Bertz CT molecular complexity index is 885. The summed E-state index contributed by atoms with van der Waals surface area (Å²) in [4.78, 5) is 32.6. The summed E-state index contributed by atoms with van der Waals surface area (Å²) in [5.74, 6) is -0.0757. The lowest BCUT2D eigenvalue weighted by atomic mass is 10.1. The van der Waals surface area contributed by atoms with Gasteiger partial charge in [-0.1, -0.05) is 0 Å². The van der Waals surface area contributed by atoms with Crippen LogP contribution in [-0.4, -0.2) is 68.6 Å². The van der Waals surface area contributed by atoms with Crippen molar-refractivity contribution in [2.75, 3.05) is 38.0 Å². The van der Waals surface area contributed by atoms with Crippen LogP contribution in [0.4, 0.5) is 5.69 Å². The van der Waals surface area contributed by atoms with E-state index in [9.17, 15) is 18.4 Å². The fraction of sp³-hybridized carbons (Fsp3) is 0.278. The molecule has 1 N–H and O–H groups in total. The molecule has 1 unspecified atom stereocenters. The molecule has 1 saturated heterocycles. The van der Waals surface area contributed by atoms with Gasteiger partial charge < -0.3 is 23.8 Å². The van der Waals surface area contributed by atoms with Crippen LogP contribution in [0, 0.1) is 0 Å². The molecule has 2 amide bonds. The van der Waals surface area contributed by atoms with Gasteiger partial charge in [-0.15, -0.1) is 0 Å². The smallest absolute Gasteiger partial charge is 0.257 e. The highest BCUT2D eigenvalue weighted by molar-refractivity contribution is 7.80. The zero-order valence-corrected chi connectivity index (χ0v) is 16.0. The lowest BCUT2D eigenvalue weighted by molar-refractivity contribution is 0.0533. The lowest BCUT2D eigenvalue weighted by Gasteiger charge is -2.35. The molecule has 148 valence electrons. The topological polar surface area (TPSA) is 115 Å². The SMILES string of the molecule is COc1cc(NS(=O)[O-])ccc1C(=O)N1CCN(C(=O)c2cccnc2)CC1. The van der Waals surface area contributed by atoms with Gasteiger partial charge in [0.2, 0.25) is 0 Å². The van der Waals surface area contributed by atoms with Crippen molar-refractivity contribution in [3.8, 4) is 5.75 Å². The zero-order valence-electron chi connectivity index (χ0n) is 15.2. The minimum Gasteiger partial charge on any atom is -0.755 e. The van der Waals surface area contributed by atoms with E-state index in [1.807, 2.05) is 0 Å². The van der Waals surface area contributed by atoms with Gasteiger partial charge in [0.25, 0.3) is 11.8 Å². The standard InChI is InChI=1S/C18H20N4O5S/c1-27-16-11-14(20-28(25)26)4-5-15(16)18(24)22-9-7-21(8-10-22)17(23)13-3-2-6-19-12-13/h2-6,11-12,20H,7-10H2,1H3,(H,25,26)/p-1. The molecule has 0 radical (unpaired) electrons. The van der Waals surface area contributed by atoms with Gasteiger partial charge in [0.1, 0.15) is 5.75 Å². The van der Waals surface area contributed by atoms with Crippen molar-refractivity contribution in [2.45, 2.75) is 0 Å². The van der Waals surface area contributed by atoms with Crippen LogP contribution in [0.5, 0.6) is 5.75 Å². The first-order valence-electron chi connectivity index (χ1n) is 8.52. The van der Waals surface area contributed by atoms with Gasteiger partial charge in [-0.05, 0) is 24.3 Å². The van der Waals surface area contributed by atoms with Gasteiger partial charge in [0.15, 0.2) is 0 Å². The maximum atomic E-state index is 12.8. The van der Waals surface area contributed by atoms with Crippen LogP contribution >= 0.6 is 0 Å². The average Bonchev–Trinajstić information content (AvgIpc) is 2.73. The van der Waals surface area contributed by atoms with E-state index in [0.29, 0.717) is 43.0 Å². The maximum absolute atomic E-state index is 12.8. The predicted molar refractivity (Wildman–Crippen MR) is 102 cm³/mol. The number of carbonyl (C=O) groups is 2. The summed E-state index contributed by atoms with van der Waals surface area (Å²) in [6, 6.07) is 7.88. The minimum atomic E-state index is -2.47. The summed E-state index contributed by atoms with van der Waals surface area (Å²) in [5, 5.41) is 0. The third-order valence-electron chi connectivity index (χ3n) is 4.40. The Morgan fingerprint density at radius 1 is 1.14 bits per heavy atom. The van der Waals surface area contributed by atoms with Crippen molar-refractivity contribution < 1.29 is 23.1 Å². The summed E-state index contributed by atoms with van der Waals surface area (Å²) in [6.45, 7) is 1.60. The van der Waals surface area contributed by atoms with Crippen LogP contribution in [0.25, 0.3) is 0 Å². The highest BCUT2D eigenvalue weighted by Crippen LogP contribution is 2.25. The van der Waals surface area contributed by atoms with E-state index in [2.05, 4.69) is 9.71 Å². The van der Waals surface area contributed by atoms with E-state index in [4.69, 9.17) is 4.74 Å². The van der Waals surface area contributed by atoms with Crippen LogP contribution in [0.1, 0.15) is 20.7 Å². The molecule has 0 saturated carbocycles. The number of anilines is 1. The van der Waals surface area contributed by atoms with E-state index in [1.165, 1.54) is 31.5 Å². The summed E-state index contributed by atoms with van der Waals surface area (Å²) < 4.78 is 29.0. The first-order valence-corrected chi connectivity index (χ1v) is 9.59. The number of amides is 2. The molecule has 0 aliphatic carbocycles. The van der Waals surface area contributed by atoms with Gasteiger partial charge in [-0.2, -0.15) is 0 Å². The van der Waals surface area contributed by atoms with Gasteiger partial charge in [0, 0.05) is 61.6 Å². The molecule has 0 bridgehead atoms. The van der Waals surface area contributed by atoms with Gasteiger partial charge >= 0.3 is 0 Å². The highest BCUT2D eigenvalue weighted by Gasteiger charge is 2.27. The first-order chi connectivity index (χ1) is 13.5. The second-order valence-corrected chi connectivity index (χ2v) is 6.75. The van der Waals surface area contributed by atoms with E-state index in [1.54, 1.807) is 28.1 Å². The summed E-state index contributed by atoms with van der Waals surface area (Å²) in [5.41, 5.74) is 1.15. The summed E-state index contributed by atoms with van der Waals surface area (Å²) in [7, 11) is 1.41. The molecule has 10 heteroatoms. The Morgan fingerprint density at radius 2 is 1.82 bits per heavy atom. The van der Waals surface area contributed by atoms with E-state index >= 15 is 0 Å². The van der Waals surface area contributed by atoms with Gasteiger partial charge in [-0.3, -0.25) is 18.8 Å². The third kappa shape index (κ3) is 4.46. The average molecular weight is 403 g/mol. The predicted octanol–water partition coefficient (Wildman–Crippen LogP) is 0.894. The number of carbonyl (C=O) groups excluding carboxylic acids is 2. The molecule has 3 rings (SSSR count). The lowest BCUT2D eigenvalue weighted by Crippen LogP contribution is -2.50. The summed E-state index contributed by atoms with van der Waals surface area (Å²) in [6.07, 6.45) is 3.13. The van der Waals surface area contributed by atoms with Gasteiger partial charge in [0.05, 0.1) is 18.2 Å². The number of pyridine rings is 1. The zero-order chi connectivity index (χ0) is 20.1. The summed E-state index contributed by atoms with van der Waals surface area (Å²) >= 11 is -2.47. The van der Waals surface area contributed by atoms with Crippen molar-refractivity contribution in [1.29, 1.82) is 0 Å². The molecule has 1 aliphatic rings. The Morgan fingerprint density at radius 3 is 2.39 bits per heavy atom. The van der Waals surface area contributed by atoms with Crippen molar-refractivity contribution in [3.63, 3.8) is 0 Å². The Balaban J connectivity index is 1.66. The van der Waals surface area contributed by atoms with Crippen molar-refractivity contribution in [2.24, 2.45) is 0 Å². The number of hydrogen-bond donors (Lipinski definition) is 1. The number of ether oxygens (including phenoxy) is 1. The molecule has 2 heterocycles. The van der Waals surface area contributed by atoms with Crippen LogP contribution < -0.4 is 9.46 Å². The maximum Gasteiger partial charge on any atom is 0.257 e. The molecule has 28 heavy (non-hydrogen) atoms. The van der Waals surface area contributed by atoms with E-state index in [-0.39, 0.29) is 17.6 Å². The molecule has 0 spiro atoms. The first kappa shape index (κ1) is 19.8. The molecule has 1 atom stereocenters. The van der Waals surface area contributed by atoms with Crippen LogP contribution in [0.3, 0.4) is 0 Å². The number of rotatable bonds is 5. The van der Waals surface area contributed by atoms with Crippen LogP contribution in [-0.2, 0) is 11.3 Å². The minimum absolute atomic E-state index is 0.112. The third-order valence-corrected chi connectivity index (χ3v) is 4.80. The van der Waals surface area contributed by atoms with Crippen LogP contribution in [0.2, 0.25) is 0 Å². The molecule has 2 aromatic rings. The van der Waals surface area contributed by atoms with Crippen molar-refractivity contribution >= 4 is 28.8 Å². The molecule has 1 aromatic carbocycles. The molecule has 1 aliphatic heterocycles. The highest BCUT2D eigenvalue weighted by atomic mass is 32.2. The number of nitrogens with one attached hydrogen (secondary N) is 1. The van der Waals surface area contributed by atoms with Crippen molar-refractivity contribution in [1.82, 2.24) is 14.8 Å². The normalized spacial score (nSPS) is 15.1. The molecule has 1 fully saturated rings. The molecular weight excluding hydrogens is 384 g/mol. The second kappa shape index (κ2) is 8.81. The number of benzene rings is 1.